The number of nitrogens with zero attached hydrogens (tertiary/aromatic N) is 4. The number of benzene rings is 2. The number of piperazine rings is 1. The molecular weight excluding hydrogens is 672 g/mol. The summed E-state index contributed by atoms with van der Waals surface area (Å²) in [5, 5.41) is 24.3. The molecule has 5 rings (SSSR count). The largest absolute Gasteiger partial charge is 0.490 e. The summed E-state index contributed by atoms with van der Waals surface area (Å²) in [4.78, 5) is 41.7. The lowest BCUT2D eigenvalue weighted by molar-refractivity contribution is -0.193. The third kappa shape index (κ3) is 10.9. The van der Waals surface area contributed by atoms with Crippen molar-refractivity contribution in [2.75, 3.05) is 45.8 Å². The van der Waals surface area contributed by atoms with Gasteiger partial charge in [0.1, 0.15) is 5.69 Å². The van der Waals surface area contributed by atoms with E-state index in [0.717, 1.165) is 74.3 Å². The third-order valence-corrected chi connectivity index (χ3v) is 8.63. The first-order chi connectivity index (χ1) is 23.4. The summed E-state index contributed by atoms with van der Waals surface area (Å²) >= 11 is 0. The molecular formula is C34H39F6N5O5. The van der Waals surface area contributed by atoms with Crippen LogP contribution >= 0.6 is 0 Å². The van der Waals surface area contributed by atoms with E-state index in [1.54, 1.807) is 0 Å². The highest BCUT2D eigenvalue weighted by molar-refractivity contribution is 6.01. The lowest BCUT2D eigenvalue weighted by atomic mass is 9.84. The Morgan fingerprint density at radius 3 is 1.84 bits per heavy atom. The van der Waals surface area contributed by atoms with Gasteiger partial charge in [-0.25, -0.2) is 9.59 Å². The molecule has 2 aliphatic rings. The first kappa shape index (κ1) is 39.8. The molecule has 2 aliphatic heterocycles. The molecule has 2 fully saturated rings. The topological polar surface area (TPSA) is 141 Å². The molecule has 0 radical (unpaired) electrons. The number of carbonyl (C=O) groups excluding carboxylic acids is 1. The van der Waals surface area contributed by atoms with E-state index in [1.807, 2.05) is 11.0 Å². The molecule has 1 amide bonds. The molecule has 0 unspecified atom stereocenters. The fourth-order valence-corrected chi connectivity index (χ4v) is 6.16. The second kappa shape index (κ2) is 17.3. The number of carboxylic acids is 2. The van der Waals surface area contributed by atoms with E-state index in [1.165, 1.54) is 16.7 Å². The van der Waals surface area contributed by atoms with E-state index in [4.69, 9.17) is 25.1 Å². The fraction of sp³-hybridized carbons (Fsp3) is 0.471. The number of halogens is 6. The molecule has 0 aliphatic carbocycles. The minimum absolute atomic E-state index is 0.103. The normalized spacial score (nSPS) is 16.1. The van der Waals surface area contributed by atoms with Gasteiger partial charge in [-0.1, -0.05) is 36.4 Å². The average molecular weight is 712 g/mol. The maximum atomic E-state index is 13.7. The van der Waals surface area contributed by atoms with Crippen LogP contribution in [0.3, 0.4) is 0 Å². The van der Waals surface area contributed by atoms with Crippen molar-refractivity contribution in [1.82, 2.24) is 19.7 Å². The van der Waals surface area contributed by atoms with Gasteiger partial charge in [-0.05, 0) is 68.5 Å². The Morgan fingerprint density at radius 2 is 1.34 bits per heavy atom. The highest BCUT2D eigenvalue weighted by Gasteiger charge is 2.39. The van der Waals surface area contributed by atoms with Crippen LogP contribution in [0.25, 0.3) is 10.9 Å². The molecule has 50 heavy (non-hydrogen) atoms. The molecule has 3 heterocycles. The number of fused-ring (bicyclic) bond motifs is 1. The van der Waals surface area contributed by atoms with E-state index in [2.05, 4.69) is 71.1 Å². The molecule has 3 N–H and O–H groups in total. The van der Waals surface area contributed by atoms with E-state index in [-0.39, 0.29) is 5.91 Å². The van der Waals surface area contributed by atoms with Crippen LogP contribution in [0.1, 0.15) is 57.9 Å². The molecule has 16 heteroatoms. The zero-order valence-electron chi connectivity index (χ0n) is 27.6. The number of nitrogens with one attached hydrogen (secondary N) is 1. The monoisotopic (exact) mass is 711 g/mol. The number of alkyl halides is 6. The number of aliphatic carboxylic acids is 2. The van der Waals surface area contributed by atoms with Crippen LogP contribution in [0, 0.1) is 25.2 Å². The Kier molecular flexibility index (Phi) is 13.8. The van der Waals surface area contributed by atoms with Crippen molar-refractivity contribution in [2.24, 2.45) is 0 Å². The molecule has 0 spiro atoms. The van der Waals surface area contributed by atoms with Gasteiger partial charge in [0.05, 0.1) is 6.07 Å². The summed E-state index contributed by atoms with van der Waals surface area (Å²) < 4.78 is 63.5. The lowest BCUT2D eigenvalue weighted by Crippen LogP contribution is -2.49. The summed E-state index contributed by atoms with van der Waals surface area (Å²) in [6, 6.07) is 17.2. The van der Waals surface area contributed by atoms with Crippen molar-refractivity contribution >= 4 is 28.7 Å². The van der Waals surface area contributed by atoms with Crippen LogP contribution < -0.4 is 0 Å². The molecule has 10 nitrogen and oxygen atoms in total. The number of likely N-dealkylation sites (tertiary alicyclic amines) is 1. The highest BCUT2D eigenvalue weighted by atomic mass is 19.4. The van der Waals surface area contributed by atoms with Gasteiger partial charge in [0, 0.05) is 62.2 Å². The number of hydrogen-bond donors (Lipinski definition) is 3. The van der Waals surface area contributed by atoms with Crippen LogP contribution in [0.4, 0.5) is 26.3 Å². The van der Waals surface area contributed by atoms with Crippen molar-refractivity contribution in [2.45, 2.75) is 57.9 Å². The number of piperidine rings is 1. The van der Waals surface area contributed by atoms with Gasteiger partial charge in [-0.2, -0.15) is 31.6 Å². The number of carbonyl (C=O) groups is 3. The van der Waals surface area contributed by atoms with Crippen LogP contribution in [0.5, 0.6) is 0 Å². The Morgan fingerprint density at radius 1 is 0.820 bits per heavy atom. The highest BCUT2D eigenvalue weighted by Crippen LogP contribution is 2.34. The number of aromatic nitrogens is 1. The molecule has 3 aromatic rings. The second-order valence-electron chi connectivity index (χ2n) is 12.0. The minimum atomic E-state index is -5.08. The number of hydrogen-bond acceptors (Lipinski definition) is 6. The zero-order valence-corrected chi connectivity index (χ0v) is 27.6. The predicted octanol–water partition coefficient (Wildman–Crippen LogP) is 6.10. The van der Waals surface area contributed by atoms with E-state index in [0.29, 0.717) is 25.4 Å². The van der Waals surface area contributed by atoms with Crippen molar-refractivity contribution < 1.29 is 50.9 Å². The fourth-order valence-electron chi connectivity index (χ4n) is 6.16. The summed E-state index contributed by atoms with van der Waals surface area (Å²) in [6.45, 7) is 11.2. The number of H-pyrrole nitrogens is 1. The van der Waals surface area contributed by atoms with E-state index >= 15 is 0 Å². The summed E-state index contributed by atoms with van der Waals surface area (Å²) in [7, 11) is 0. The molecule has 272 valence electrons. The zero-order chi connectivity index (χ0) is 37.2. The van der Waals surface area contributed by atoms with Gasteiger partial charge in [-0.15, -0.1) is 0 Å². The van der Waals surface area contributed by atoms with Crippen molar-refractivity contribution in [3.63, 3.8) is 0 Å². The van der Waals surface area contributed by atoms with Gasteiger partial charge < -0.3 is 20.1 Å². The smallest absolute Gasteiger partial charge is 0.475 e. The standard InChI is InChI=1S/C30H37N5O.2C2HF3O2/c1-22-7-5-8-23(2)28(22)24-11-15-34(16-12-24)21-26-25-9-3-4-10-27(25)32-29(26)30(36)35-19-17-33(18-20-35)14-6-13-31;2*3-2(4,5)1(6)7/h3-5,7-10,24,32H,6,11-12,14-21H2,1-2H3;2*(H,6,7). The summed E-state index contributed by atoms with van der Waals surface area (Å²) in [5.41, 5.74) is 7.27. The molecule has 2 aromatic carbocycles. The van der Waals surface area contributed by atoms with Crippen molar-refractivity contribution in [1.29, 1.82) is 5.26 Å². The number of rotatable bonds is 6. The molecule has 1 aromatic heterocycles. The SMILES string of the molecule is Cc1cccc(C)c1C1CCN(Cc2c(C(=O)N3CCN(CCC#N)CC3)[nH]c3ccccc23)CC1.O=C(O)C(F)(F)F.O=C(O)C(F)(F)F. The van der Waals surface area contributed by atoms with E-state index < -0.39 is 24.3 Å². The number of aryl methyl sites for hydroxylation is 2. The average Bonchev–Trinajstić information content (AvgIpc) is 3.42. The van der Waals surface area contributed by atoms with Gasteiger partial charge in [-0.3, -0.25) is 14.6 Å². The molecule has 0 atom stereocenters. The second-order valence-corrected chi connectivity index (χ2v) is 12.0. The number of nitriles is 1. The Balaban J connectivity index is 0.000000408. The number of carboxylic acid groups (broad SMARTS) is 2. The lowest BCUT2D eigenvalue weighted by Gasteiger charge is -2.35. The van der Waals surface area contributed by atoms with Crippen molar-refractivity contribution in [3.8, 4) is 6.07 Å². The van der Waals surface area contributed by atoms with Crippen molar-refractivity contribution in [3.05, 3.63) is 70.4 Å². The maximum Gasteiger partial charge on any atom is 0.490 e. The van der Waals surface area contributed by atoms with E-state index in [9.17, 15) is 31.1 Å². The molecule has 0 bridgehead atoms. The van der Waals surface area contributed by atoms with Gasteiger partial charge in [0.25, 0.3) is 5.91 Å². The maximum absolute atomic E-state index is 13.7. The van der Waals surface area contributed by atoms with Crippen LogP contribution in [-0.2, 0) is 16.1 Å². The Hall–Kier alpha value is -4.62. The van der Waals surface area contributed by atoms with Gasteiger partial charge in [0.15, 0.2) is 0 Å². The first-order valence-electron chi connectivity index (χ1n) is 15.8. The third-order valence-electron chi connectivity index (χ3n) is 8.63. The Bertz CT molecular complexity index is 1620. The van der Waals surface area contributed by atoms with Crippen LogP contribution in [-0.4, -0.2) is 106 Å². The molecule has 0 saturated carbocycles. The number of aromatic amines is 1. The molecule has 2 saturated heterocycles. The summed E-state index contributed by atoms with van der Waals surface area (Å²) in [6.07, 6.45) is -7.32. The Labute approximate surface area is 284 Å². The van der Waals surface area contributed by atoms with Crippen LogP contribution in [0.15, 0.2) is 42.5 Å². The minimum Gasteiger partial charge on any atom is -0.475 e. The number of para-hydroxylation sites is 1. The van der Waals surface area contributed by atoms with Crippen LogP contribution in [0.2, 0.25) is 0 Å². The van der Waals surface area contributed by atoms with Gasteiger partial charge in [0.2, 0.25) is 0 Å². The predicted molar refractivity (Wildman–Crippen MR) is 171 cm³/mol. The summed E-state index contributed by atoms with van der Waals surface area (Å²) in [5.74, 6) is -4.80. The quantitative estimate of drug-likeness (QED) is 0.261. The number of amides is 1. The van der Waals surface area contributed by atoms with Gasteiger partial charge >= 0.3 is 24.3 Å². The first-order valence-corrected chi connectivity index (χ1v) is 15.8.